The van der Waals surface area contributed by atoms with Crippen LogP contribution in [0.5, 0.6) is 0 Å². The maximum absolute atomic E-state index is 10.1. The molecule has 1 heteroatoms. The molecule has 1 nitrogen and oxygen atoms in total. The van der Waals surface area contributed by atoms with Gasteiger partial charge in [0.05, 0.1) is 0 Å². The molecule has 0 amide bonds. The van der Waals surface area contributed by atoms with Gasteiger partial charge in [-0.25, -0.2) is 0 Å². The van der Waals surface area contributed by atoms with E-state index >= 15 is 0 Å². The minimum atomic E-state index is 0.726. The van der Waals surface area contributed by atoms with Crippen LogP contribution in [0.15, 0.2) is 48.6 Å². The van der Waals surface area contributed by atoms with Gasteiger partial charge in [0.2, 0.25) is 0 Å². The summed E-state index contributed by atoms with van der Waals surface area (Å²) >= 11 is 0. The Morgan fingerprint density at radius 1 is 0.571 bits per heavy atom. The van der Waals surface area contributed by atoms with E-state index in [4.69, 9.17) is 0 Å². The van der Waals surface area contributed by atoms with Gasteiger partial charge in [-0.1, -0.05) is 68.4 Å². The largest absolute Gasteiger partial charge is 0.303 e. The summed E-state index contributed by atoms with van der Waals surface area (Å²) in [5.74, 6) is 0. The van der Waals surface area contributed by atoms with Crippen molar-refractivity contribution in [3.8, 4) is 0 Å². The second kappa shape index (κ2) is 18.6. The monoisotopic (exact) mass is 288 g/mol. The average Bonchev–Trinajstić information content (AvgIpc) is 2.50. The van der Waals surface area contributed by atoms with Crippen molar-refractivity contribution < 1.29 is 4.79 Å². The maximum atomic E-state index is 10.1. The lowest BCUT2D eigenvalue weighted by Gasteiger charge is -1.95. The van der Waals surface area contributed by atoms with Gasteiger partial charge in [0.1, 0.15) is 6.29 Å². The van der Waals surface area contributed by atoms with E-state index in [1.165, 1.54) is 25.7 Å². The van der Waals surface area contributed by atoms with Crippen LogP contribution in [-0.2, 0) is 4.79 Å². The molecule has 0 aliphatic rings. The summed E-state index contributed by atoms with van der Waals surface area (Å²) in [5, 5.41) is 0. The van der Waals surface area contributed by atoms with Crippen LogP contribution in [0.3, 0.4) is 0 Å². The second-order valence-corrected chi connectivity index (χ2v) is 5.16. The van der Waals surface area contributed by atoms with Crippen LogP contribution in [0.4, 0.5) is 0 Å². The second-order valence-electron chi connectivity index (χ2n) is 5.16. The SMILES string of the molecule is CCC=CCC=CCC=CCC=CCCCCCCC=O. The zero-order valence-corrected chi connectivity index (χ0v) is 13.7. The van der Waals surface area contributed by atoms with Crippen molar-refractivity contribution in [2.75, 3.05) is 0 Å². The Kier molecular flexibility index (Phi) is 17.4. The number of carbonyl (C=O) groups is 1. The zero-order valence-electron chi connectivity index (χ0n) is 13.7. The van der Waals surface area contributed by atoms with Crippen LogP contribution in [0.1, 0.15) is 71.1 Å². The molecule has 0 N–H and O–H groups in total. The third-order valence-corrected chi connectivity index (χ3v) is 3.16. The molecule has 0 bridgehead atoms. The van der Waals surface area contributed by atoms with Gasteiger partial charge in [-0.2, -0.15) is 0 Å². The van der Waals surface area contributed by atoms with Crippen molar-refractivity contribution in [1.29, 1.82) is 0 Å². The van der Waals surface area contributed by atoms with Crippen LogP contribution in [0.25, 0.3) is 0 Å². The van der Waals surface area contributed by atoms with Crippen LogP contribution >= 0.6 is 0 Å². The molecule has 118 valence electrons. The Labute approximate surface area is 131 Å². The quantitative estimate of drug-likeness (QED) is 0.207. The summed E-state index contributed by atoms with van der Waals surface area (Å²) in [4.78, 5) is 10.1. The average molecular weight is 288 g/mol. The van der Waals surface area contributed by atoms with E-state index in [1.807, 2.05) is 0 Å². The van der Waals surface area contributed by atoms with Gasteiger partial charge in [0.15, 0.2) is 0 Å². The fourth-order valence-corrected chi connectivity index (χ4v) is 1.94. The summed E-state index contributed by atoms with van der Waals surface area (Å²) in [6.07, 6.45) is 29.7. The Morgan fingerprint density at radius 3 is 1.57 bits per heavy atom. The molecular formula is C20H32O. The van der Waals surface area contributed by atoms with E-state index in [0.29, 0.717) is 0 Å². The number of rotatable bonds is 14. The number of unbranched alkanes of at least 4 members (excludes halogenated alkanes) is 5. The van der Waals surface area contributed by atoms with Gasteiger partial charge in [0.25, 0.3) is 0 Å². The van der Waals surface area contributed by atoms with Crippen molar-refractivity contribution in [3.63, 3.8) is 0 Å². The molecule has 0 fully saturated rings. The van der Waals surface area contributed by atoms with E-state index in [-0.39, 0.29) is 0 Å². The third kappa shape index (κ3) is 18.6. The molecule has 0 atom stereocenters. The number of carbonyl (C=O) groups excluding carboxylic acids is 1. The Balaban J connectivity index is 3.32. The van der Waals surface area contributed by atoms with Crippen LogP contribution in [0, 0.1) is 0 Å². The standard InChI is InChI=1S/C20H32O/c1-2-3-4-5-6-7-8-9-10-11-12-13-14-15-16-17-18-19-20-21/h3-4,6-7,9-10,12-13,20H,2,5,8,11,14-19H2,1H3. The van der Waals surface area contributed by atoms with Gasteiger partial charge in [-0.05, 0) is 44.9 Å². The zero-order chi connectivity index (χ0) is 15.4. The van der Waals surface area contributed by atoms with E-state index in [1.54, 1.807) is 0 Å². The van der Waals surface area contributed by atoms with E-state index in [2.05, 4.69) is 55.5 Å². The smallest absolute Gasteiger partial charge is 0.119 e. The number of hydrogen-bond acceptors (Lipinski definition) is 1. The normalized spacial score (nSPS) is 12.4. The summed E-state index contributed by atoms with van der Waals surface area (Å²) in [6, 6.07) is 0. The molecule has 21 heavy (non-hydrogen) atoms. The van der Waals surface area contributed by atoms with Crippen molar-refractivity contribution >= 4 is 6.29 Å². The molecule has 0 aromatic rings. The Bertz CT molecular complexity index is 321. The van der Waals surface area contributed by atoms with E-state index in [9.17, 15) is 4.79 Å². The van der Waals surface area contributed by atoms with Gasteiger partial charge in [0, 0.05) is 6.42 Å². The lowest BCUT2D eigenvalue weighted by atomic mass is 10.1. The van der Waals surface area contributed by atoms with Gasteiger partial charge < -0.3 is 4.79 Å². The van der Waals surface area contributed by atoms with Gasteiger partial charge in [-0.3, -0.25) is 0 Å². The van der Waals surface area contributed by atoms with E-state index < -0.39 is 0 Å². The fourth-order valence-electron chi connectivity index (χ4n) is 1.94. The topological polar surface area (TPSA) is 17.1 Å². The van der Waals surface area contributed by atoms with Crippen molar-refractivity contribution in [3.05, 3.63) is 48.6 Å². The Hall–Kier alpha value is -1.37. The molecule has 0 radical (unpaired) electrons. The summed E-state index contributed by atoms with van der Waals surface area (Å²) in [5.41, 5.74) is 0. The fraction of sp³-hybridized carbons (Fsp3) is 0.550. The molecule has 0 rings (SSSR count). The number of aldehydes is 1. The number of allylic oxidation sites excluding steroid dienone is 8. The molecule has 0 saturated carbocycles. The minimum Gasteiger partial charge on any atom is -0.303 e. The molecule has 0 unspecified atom stereocenters. The highest BCUT2D eigenvalue weighted by Crippen LogP contribution is 2.05. The van der Waals surface area contributed by atoms with E-state index in [0.717, 1.165) is 44.8 Å². The van der Waals surface area contributed by atoms with Crippen LogP contribution < -0.4 is 0 Å². The lowest BCUT2D eigenvalue weighted by molar-refractivity contribution is -0.107. The lowest BCUT2D eigenvalue weighted by Crippen LogP contribution is -1.79. The van der Waals surface area contributed by atoms with Gasteiger partial charge in [-0.15, -0.1) is 0 Å². The first kappa shape index (κ1) is 19.6. The predicted octanol–water partition coefficient (Wildman–Crippen LogP) is 6.33. The van der Waals surface area contributed by atoms with Crippen LogP contribution in [0.2, 0.25) is 0 Å². The summed E-state index contributed by atoms with van der Waals surface area (Å²) in [6.45, 7) is 2.16. The molecule has 0 aliphatic carbocycles. The number of hydrogen-bond donors (Lipinski definition) is 0. The van der Waals surface area contributed by atoms with Crippen molar-refractivity contribution in [2.45, 2.75) is 71.1 Å². The first-order valence-electron chi connectivity index (χ1n) is 8.45. The molecule has 0 aromatic carbocycles. The molecule has 0 aromatic heterocycles. The Morgan fingerprint density at radius 2 is 1.05 bits per heavy atom. The van der Waals surface area contributed by atoms with Crippen LogP contribution in [-0.4, -0.2) is 6.29 Å². The highest BCUT2D eigenvalue weighted by atomic mass is 16.1. The predicted molar refractivity (Wildman–Crippen MR) is 94.5 cm³/mol. The van der Waals surface area contributed by atoms with Gasteiger partial charge >= 0.3 is 0 Å². The molecule has 0 spiro atoms. The van der Waals surface area contributed by atoms with Crippen molar-refractivity contribution in [2.24, 2.45) is 0 Å². The highest BCUT2D eigenvalue weighted by molar-refractivity contribution is 5.48. The maximum Gasteiger partial charge on any atom is 0.119 e. The molecule has 0 aliphatic heterocycles. The highest BCUT2D eigenvalue weighted by Gasteiger charge is 1.87. The third-order valence-electron chi connectivity index (χ3n) is 3.16. The van der Waals surface area contributed by atoms with Crippen molar-refractivity contribution in [1.82, 2.24) is 0 Å². The molecular weight excluding hydrogens is 256 g/mol. The first-order chi connectivity index (χ1) is 10.4. The molecule has 0 saturated heterocycles. The molecule has 0 heterocycles. The summed E-state index contributed by atoms with van der Waals surface area (Å²) in [7, 11) is 0. The minimum absolute atomic E-state index is 0.726. The summed E-state index contributed by atoms with van der Waals surface area (Å²) < 4.78 is 0. The first-order valence-corrected chi connectivity index (χ1v) is 8.45.